The van der Waals surface area contributed by atoms with E-state index in [2.05, 4.69) is 0 Å². The molecular formula is C27H24ClFN2O3. The van der Waals surface area contributed by atoms with E-state index in [0.29, 0.717) is 22.6 Å². The Labute approximate surface area is 202 Å². The van der Waals surface area contributed by atoms with Crippen molar-refractivity contribution in [3.05, 3.63) is 113 Å². The molecule has 0 saturated heterocycles. The molecular weight excluding hydrogens is 455 g/mol. The summed E-state index contributed by atoms with van der Waals surface area (Å²) < 4.78 is 27.5. The highest BCUT2D eigenvalue weighted by molar-refractivity contribution is 6.30. The average molecular weight is 479 g/mol. The van der Waals surface area contributed by atoms with Crippen LogP contribution in [0.1, 0.15) is 21.5 Å². The fourth-order valence-electron chi connectivity index (χ4n) is 3.81. The summed E-state index contributed by atoms with van der Waals surface area (Å²) in [7, 11) is 3.13. The van der Waals surface area contributed by atoms with Crippen molar-refractivity contribution in [1.29, 1.82) is 0 Å². The number of carbonyl (C=O) groups excluding carboxylic acids is 1. The molecule has 0 fully saturated rings. The monoisotopic (exact) mass is 478 g/mol. The van der Waals surface area contributed by atoms with Crippen molar-refractivity contribution < 1.29 is 18.7 Å². The van der Waals surface area contributed by atoms with Crippen LogP contribution in [0.5, 0.6) is 11.5 Å². The van der Waals surface area contributed by atoms with Gasteiger partial charge in [-0.15, -0.1) is 0 Å². The van der Waals surface area contributed by atoms with Crippen molar-refractivity contribution in [3.8, 4) is 17.2 Å². The van der Waals surface area contributed by atoms with Crippen molar-refractivity contribution in [2.24, 2.45) is 0 Å². The van der Waals surface area contributed by atoms with Crippen LogP contribution in [0.25, 0.3) is 5.69 Å². The van der Waals surface area contributed by atoms with Gasteiger partial charge in [-0.3, -0.25) is 4.79 Å². The molecule has 0 aliphatic carbocycles. The van der Waals surface area contributed by atoms with E-state index >= 15 is 0 Å². The third kappa shape index (κ3) is 4.92. The van der Waals surface area contributed by atoms with Crippen LogP contribution in [0.2, 0.25) is 5.02 Å². The van der Waals surface area contributed by atoms with Crippen LogP contribution in [0.3, 0.4) is 0 Å². The van der Waals surface area contributed by atoms with Gasteiger partial charge in [0.25, 0.3) is 5.91 Å². The lowest BCUT2D eigenvalue weighted by Crippen LogP contribution is -2.31. The maximum atomic E-state index is 14.8. The highest BCUT2D eigenvalue weighted by atomic mass is 35.5. The molecule has 1 amide bonds. The van der Waals surface area contributed by atoms with Crippen LogP contribution < -0.4 is 9.47 Å². The number of hydrogen-bond donors (Lipinski definition) is 0. The van der Waals surface area contributed by atoms with E-state index in [4.69, 9.17) is 21.1 Å². The highest BCUT2D eigenvalue weighted by Gasteiger charge is 2.23. The minimum atomic E-state index is -0.539. The highest BCUT2D eigenvalue weighted by Crippen LogP contribution is 2.28. The molecule has 4 aromatic rings. The first kappa shape index (κ1) is 23.4. The molecule has 1 heterocycles. The van der Waals surface area contributed by atoms with Crippen molar-refractivity contribution in [2.45, 2.75) is 13.1 Å². The second-order valence-corrected chi connectivity index (χ2v) is 8.07. The number of rotatable bonds is 8. The Balaban J connectivity index is 1.76. The zero-order valence-corrected chi connectivity index (χ0v) is 19.6. The molecule has 0 bridgehead atoms. The zero-order valence-electron chi connectivity index (χ0n) is 18.9. The Morgan fingerprint density at radius 1 is 0.912 bits per heavy atom. The molecule has 0 radical (unpaired) electrons. The summed E-state index contributed by atoms with van der Waals surface area (Å²) in [6.07, 6.45) is 3.75. The summed E-state index contributed by atoms with van der Waals surface area (Å²) in [4.78, 5) is 15.5. The summed E-state index contributed by atoms with van der Waals surface area (Å²) in [6.45, 7) is 0.221. The van der Waals surface area contributed by atoms with Gasteiger partial charge < -0.3 is 18.9 Å². The predicted octanol–water partition coefficient (Wildman–Crippen LogP) is 6.13. The number of hydrogen-bond acceptors (Lipinski definition) is 3. The van der Waals surface area contributed by atoms with Crippen LogP contribution in [0.4, 0.5) is 4.39 Å². The van der Waals surface area contributed by atoms with Crippen molar-refractivity contribution in [2.75, 3.05) is 14.2 Å². The molecule has 0 unspecified atom stereocenters. The summed E-state index contributed by atoms with van der Waals surface area (Å²) in [6, 6.07) is 21.3. The minimum Gasteiger partial charge on any atom is -0.497 e. The number of aromatic nitrogens is 1. The second kappa shape index (κ2) is 10.4. The lowest BCUT2D eigenvalue weighted by molar-refractivity contribution is 0.0727. The molecule has 174 valence electrons. The molecule has 7 heteroatoms. The number of methoxy groups -OCH3 is 2. The van der Waals surface area contributed by atoms with E-state index in [1.807, 2.05) is 53.4 Å². The first-order chi connectivity index (χ1) is 16.5. The zero-order chi connectivity index (χ0) is 24.1. The lowest BCUT2D eigenvalue weighted by atomic mass is 10.1. The Morgan fingerprint density at radius 3 is 2.38 bits per heavy atom. The normalized spacial score (nSPS) is 10.7. The number of benzene rings is 3. The van der Waals surface area contributed by atoms with Crippen LogP contribution in [-0.4, -0.2) is 29.6 Å². The summed E-state index contributed by atoms with van der Waals surface area (Å²) in [5, 5.41) is 0.0136. The van der Waals surface area contributed by atoms with E-state index in [-0.39, 0.29) is 24.0 Å². The van der Waals surface area contributed by atoms with Crippen LogP contribution in [-0.2, 0) is 13.1 Å². The second-order valence-electron chi connectivity index (χ2n) is 7.66. The standard InChI is InChI=1S/C27H24ClFN2O3/c1-33-21-13-12-19(25(16-21)34-2)17-31(18-20-8-7-10-23(28)26(20)29)27(32)22-9-3-4-11-24(22)30-14-5-6-15-30/h3-16H,17-18H2,1-2H3. The van der Waals surface area contributed by atoms with Gasteiger partial charge in [0.05, 0.1) is 30.5 Å². The maximum Gasteiger partial charge on any atom is 0.256 e. The Morgan fingerprint density at radius 2 is 1.65 bits per heavy atom. The first-order valence-electron chi connectivity index (χ1n) is 10.7. The summed E-state index contributed by atoms with van der Waals surface area (Å²) in [5.41, 5.74) is 2.31. The Bertz CT molecular complexity index is 1290. The third-order valence-electron chi connectivity index (χ3n) is 5.55. The fraction of sp³-hybridized carbons (Fsp3) is 0.148. The first-order valence-corrected chi connectivity index (χ1v) is 11.0. The number of amides is 1. The number of halogens is 2. The maximum absolute atomic E-state index is 14.8. The minimum absolute atomic E-state index is 0.0136. The van der Waals surface area contributed by atoms with Gasteiger partial charge in [0.15, 0.2) is 0 Å². The molecule has 5 nitrogen and oxygen atoms in total. The largest absolute Gasteiger partial charge is 0.497 e. The van der Waals surface area contributed by atoms with Crippen LogP contribution in [0.15, 0.2) is 85.2 Å². The Kier molecular flexibility index (Phi) is 7.18. The van der Waals surface area contributed by atoms with Gasteiger partial charge in [-0.05, 0) is 42.5 Å². The quantitative estimate of drug-likeness (QED) is 0.306. The third-order valence-corrected chi connectivity index (χ3v) is 5.84. The van der Waals surface area contributed by atoms with E-state index in [0.717, 1.165) is 11.3 Å². The Hall–Kier alpha value is -3.77. The fourth-order valence-corrected chi connectivity index (χ4v) is 4.00. The van der Waals surface area contributed by atoms with E-state index in [1.165, 1.54) is 6.07 Å². The SMILES string of the molecule is COc1ccc(CN(Cc2cccc(Cl)c2F)C(=O)c2ccccc2-n2cccc2)c(OC)c1. The van der Waals surface area contributed by atoms with Gasteiger partial charge in [-0.2, -0.15) is 0 Å². The predicted molar refractivity (Wildman–Crippen MR) is 130 cm³/mol. The molecule has 0 aliphatic heterocycles. The molecule has 0 atom stereocenters. The number of para-hydroxylation sites is 1. The van der Waals surface area contributed by atoms with Crippen molar-refractivity contribution >= 4 is 17.5 Å². The topological polar surface area (TPSA) is 43.7 Å². The van der Waals surface area contributed by atoms with E-state index in [1.54, 1.807) is 49.5 Å². The smallest absolute Gasteiger partial charge is 0.256 e. The van der Waals surface area contributed by atoms with Crippen LogP contribution in [0, 0.1) is 5.82 Å². The molecule has 34 heavy (non-hydrogen) atoms. The van der Waals surface area contributed by atoms with Gasteiger partial charge >= 0.3 is 0 Å². The molecule has 0 spiro atoms. The summed E-state index contributed by atoms with van der Waals surface area (Å²) >= 11 is 6.01. The van der Waals surface area contributed by atoms with Gasteiger partial charge in [0, 0.05) is 42.7 Å². The molecule has 4 rings (SSSR count). The van der Waals surface area contributed by atoms with E-state index in [9.17, 15) is 9.18 Å². The number of nitrogens with zero attached hydrogens (tertiary/aromatic N) is 2. The van der Waals surface area contributed by atoms with Crippen molar-refractivity contribution in [3.63, 3.8) is 0 Å². The van der Waals surface area contributed by atoms with Gasteiger partial charge in [0.1, 0.15) is 17.3 Å². The van der Waals surface area contributed by atoms with Gasteiger partial charge in [-0.25, -0.2) is 4.39 Å². The molecule has 0 aliphatic rings. The number of carbonyl (C=O) groups is 1. The molecule has 0 N–H and O–H groups in total. The number of ether oxygens (including phenoxy) is 2. The molecule has 0 saturated carbocycles. The van der Waals surface area contributed by atoms with E-state index < -0.39 is 5.82 Å². The molecule has 1 aromatic heterocycles. The molecule has 3 aromatic carbocycles. The summed E-state index contributed by atoms with van der Waals surface area (Å²) in [5.74, 6) is 0.420. The van der Waals surface area contributed by atoms with Gasteiger partial charge in [-0.1, -0.05) is 35.9 Å². The lowest BCUT2D eigenvalue weighted by Gasteiger charge is -2.26. The van der Waals surface area contributed by atoms with Crippen LogP contribution >= 0.6 is 11.6 Å². The van der Waals surface area contributed by atoms with Gasteiger partial charge in [0.2, 0.25) is 0 Å². The van der Waals surface area contributed by atoms with Crippen molar-refractivity contribution in [1.82, 2.24) is 9.47 Å². The average Bonchev–Trinajstić information content (AvgIpc) is 3.41.